The standard InChI is InChI=1S/C14H15ClN4OS/c1-7-8(2)17-14(18-9(7)3)21-11-6-4-5-10(15)12(11)13(16)19-20/h4-6,20H,1-3H3,(H2,16,19). The van der Waals surface area contributed by atoms with Gasteiger partial charge in [-0.3, -0.25) is 0 Å². The second-order valence-electron chi connectivity index (χ2n) is 4.50. The summed E-state index contributed by atoms with van der Waals surface area (Å²) in [5, 5.41) is 12.9. The minimum absolute atomic E-state index is 0.0383. The van der Waals surface area contributed by atoms with Gasteiger partial charge < -0.3 is 10.9 Å². The lowest BCUT2D eigenvalue weighted by molar-refractivity contribution is 0.318. The average Bonchev–Trinajstić information content (AvgIpc) is 2.44. The van der Waals surface area contributed by atoms with E-state index < -0.39 is 0 Å². The Morgan fingerprint density at radius 3 is 2.43 bits per heavy atom. The van der Waals surface area contributed by atoms with Crippen molar-refractivity contribution in [3.8, 4) is 0 Å². The third-order valence-corrected chi connectivity index (χ3v) is 4.39. The van der Waals surface area contributed by atoms with E-state index in [1.54, 1.807) is 12.1 Å². The van der Waals surface area contributed by atoms with Crippen LogP contribution < -0.4 is 5.73 Å². The summed E-state index contributed by atoms with van der Waals surface area (Å²) in [6, 6.07) is 5.32. The van der Waals surface area contributed by atoms with Crippen LogP contribution in [0, 0.1) is 20.8 Å². The predicted molar refractivity (Wildman–Crippen MR) is 84.3 cm³/mol. The van der Waals surface area contributed by atoms with Crippen LogP contribution in [0.1, 0.15) is 22.5 Å². The van der Waals surface area contributed by atoms with Crippen LogP contribution >= 0.6 is 23.4 Å². The van der Waals surface area contributed by atoms with Gasteiger partial charge in [-0.2, -0.15) is 0 Å². The van der Waals surface area contributed by atoms with Gasteiger partial charge in [-0.15, -0.1) is 0 Å². The summed E-state index contributed by atoms with van der Waals surface area (Å²) in [4.78, 5) is 9.64. The number of halogens is 1. The lowest BCUT2D eigenvalue weighted by atomic mass is 10.2. The number of nitrogens with zero attached hydrogens (tertiary/aromatic N) is 3. The molecule has 0 aliphatic heterocycles. The van der Waals surface area contributed by atoms with Gasteiger partial charge in [-0.25, -0.2) is 9.97 Å². The minimum Gasteiger partial charge on any atom is -0.409 e. The summed E-state index contributed by atoms with van der Waals surface area (Å²) in [6.07, 6.45) is 0. The first-order chi connectivity index (χ1) is 9.93. The van der Waals surface area contributed by atoms with E-state index in [0.29, 0.717) is 15.7 Å². The van der Waals surface area contributed by atoms with Crippen LogP contribution in [0.2, 0.25) is 5.02 Å². The first kappa shape index (κ1) is 15.6. The highest BCUT2D eigenvalue weighted by molar-refractivity contribution is 7.99. The molecular formula is C14H15ClN4OS. The number of benzene rings is 1. The third-order valence-electron chi connectivity index (χ3n) is 3.15. The van der Waals surface area contributed by atoms with E-state index in [9.17, 15) is 0 Å². The first-order valence-electron chi connectivity index (χ1n) is 6.20. The van der Waals surface area contributed by atoms with Crippen molar-refractivity contribution < 1.29 is 5.21 Å². The Balaban J connectivity index is 2.48. The molecular weight excluding hydrogens is 308 g/mol. The van der Waals surface area contributed by atoms with Gasteiger partial charge in [0.15, 0.2) is 11.0 Å². The summed E-state index contributed by atoms with van der Waals surface area (Å²) in [5.74, 6) is -0.0383. The SMILES string of the molecule is Cc1nc(Sc2cccc(Cl)c2C(N)=NO)nc(C)c1C. The van der Waals surface area contributed by atoms with Gasteiger partial charge in [0.25, 0.3) is 0 Å². The summed E-state index contributed by atoms with van der Waals surface area (Å²) in [5.41, 5.74) is 9.10. The summed E-state index contributed by atoms with van der Waals surface area (Å²) in [6.45, 7) is 5.87. The van der Waals surface area contributed by atoms with Crippen LogP contribution in [-0.2, 0) is 0 Å². The Hall–Kier alpha value is -1.79. The van der Waals surface area contributed by atoms with E-state index in [1.807, 2.05) is 26.8 Å². The van der Waals surface area contributed by atoms with Crippen LogP contribution in [0.25, 0.3) is 0 Å². The van der Waals surface area contributed by atoms with E-state index >= 15 is 0 Å². The molecule has 0 aliphatic rings. The molecule has 0 fully saturated rings. The number of amidine groups is 1. The van der Waals surface area contributed by atoms with Gasteiger partial charge in [0, 0.05) is 16.3 Å². The van der Waals surface area contributed by atoms with Gasteiger partial charge in [0.05, 0.1) is 10.6 Å². The van der Waals surface area contributed by atoms with E-state index in [-0.39, 0.29) is 5.84 Å². The Morgan fingerprint density at radius 2 is 1.86 bits per heavy atom. The van der Waals surface area contributed by atoms with Crippen LogP contribution in [-0.4, -0.2) is 21.0 Å². The molecule has 0 amide bonds. The molecule has 0 unspecified atom stereocenters. The lowest BCUT2D eigenvalue weighted by Gasteiger charge is -2.10. The molecule has 1 aromatic carbocycles. The fourth-order valence-corrected chi connectivity index (χ4v) is 3.13. The average molecular weight is 323 g/mol. The molecule has 1 heterocycles. The van der Waals surface area contributed by atoms with Crippen molar-refractivity contribution in [3.63, 3.8) is 0 Å². The van der Waals surface area contributed by atoms with Crippen molar-refractivity contribution in [3.05, 3.63) is 45.7 Å². The molecule has 0 bridgehead atoms. The maximum atomic E-state index is 8.89. The molecule has 2 aromatic rings. The predicted octanol–water partition coefficient (Wildman–Crippen LogP) is 3.30. The highest BCUT2D eigenvalue weighted by atomic mass is 35.5. The first-order valence-corrected chi connectivity index (χ1v) is 7.39. The second-order valence-corrected chi connectivity index (χ2v) is 5.92. The van der Waals surface area contributed by atoms with Crippen molar-refractivity contribution >= 4 is 29.2 Å². The number of nitrogens with two attached hydrogens (primary N) is 1. The molecule has 0 aliphatic carbocycles. The van der Waals surface area contributed by atoms with E-state index in [0.717, 1.165) is 21.8 Å². The second kappa shape index (κ2) is 6.32. The Morgan fingerprint density at radius 1 is 1.24 bits per heavy atom. The molecule has 110 valence electrons. The molecule has 5 nitrogen and oxygen atoms in total. The molecule has 21 heavy (non-hydrogen) atoms. The Kier molecular flexibility index (Phi) is 4.69. The minimum atomic E-state index is -0.0383. The lowest BCUT2D eigenvalue weighted by Crippen LogP contribution is -2.15. The van der Waals surface area contributed by atoms with Crippen LogP contribution in [0.15, 0.2) is 33.4 Å². The molecule has 3 N–H and O–H groups in total. The third kappa shape index (κ3) is 3.28. The zero-order chi connectivity index (χ0) is 15.6. The van der Waals surface area contributed by atoms with Crippen LogP contribution in [0.5, 0.6) is 0 Å². The van der Waals surface area contributed by atoms with E-state index in [2.05, 4.69) is 15.1 Å². The Bertz CT molecular complexity index is 695. The van der Waals surface area contributed by atoms with Crippen molar-refractivity contribution in [2.75, 3.05) is 0 Å². The topological polar surface area (TPSA) is 84.4 Å². The van der Waals surface area contributed by atoms with Gasteiger partial charge in [0.2, 0.25) is 0 Å². The fraction of sp³-hybridized carbons (Fsp3) is 0.214. The Labute approximate surface area is 132 Å². The maximum absolute atomic E-state index is 8.89. The summed E-state index contributed by atoms with van der Waals surface area (Å²) < 4.78 is 0. The number of aromatic nitrogens is 2. The highest BCUT2D eigenvalue weighted by Crippen LogP contribution is 2.32. The van der Waals surface area contributed by atoms with Gasteiger partial charge in [-0.05, 0) is 50.2 Å². The largest absolute Gasteiger partial charge is 0.409 e. The van der Waals surface area contributed by atoms with Crippen molar-refractivity contribution in [2.24, 2.45) is 10.9 Å². The van der Waals surface area contributed by atoms with Gasteiger partial charge in [0.1, 0.15) is 0 Å². The number of oxime groups is 1. The maximum Gasteiger partial charge on any atom is 0.192 e. The normalized spacial score (nSPS) is 11.7. The smallest absolute Gasteiger partial charge is 0.192 e. The van der Waals surface area contributed by atoms with Crippen molar-refractivity contribution in [2.45, 2.75) is 30.8 Å². The van der Waals surface area contributed by atoms with Crippen LogP contribution in [0.4, 0.5) is 0 Å². The number of hydrogen-bond acceptors (Lipinski definition) is 5. The van der Waals surface area contributed by atoms with Gasteiger partial charge in [-0.1, -0.05) is 22.8 Å². The molecule has 0 radical (unpaired) electrons. The molecule has 7 heteroatoms. The molecule has 0 spiro atoms. The number of rotatable bonds is 3. The molecule has 0 saturated heterocycles. The van der Waals surface area contributed by atoms with Gasteiger partial charge >= 0.3 is 0 Å². The quantitative estimate of drug-likeness (QED) is 0.298. The molecule has 2 rings (SSSR count). The number of aryl methyl sites for hydroxylation is 2. The molecule has 1 aromatic heterocycles. The number of hydrogen-bond donors (Lipinski definition) is 2. The van der Waals surface area contributed by atoms with E-state index in [1.165, 1.54) is 11.8 Å². The fourth-order valence-electron chi connectivity index (χ4n) is 1.77. The summed E-state index contributed by atoms with van der Waals surface area (Å²) in [7, 11) is 0. The molecule has 0 atom stereocenters. The molecule has 0 saturated carbocycles. The monoisotopic (exact) mass is 322 g/mol. The van der Waals surface area contributed by atoms with Crippen LogP contribution in [0.3, 0.4) is 0 Å². The van der Waals surface area contributed by atoms with Crippen molar-refractivity contribution in [1.82, 2.24) is 9.97 Å². The zero-order valence-corrected chi connectivity index (χ0v) is 13.5. The summed E-state index contributed by atoms with van der Waals surface area (Å²) >= 11 is 7.46. The van der Waals surface area contributed by atoms with E-state index in [4.69, 9.17) is 22.5 Å². The highest BCUT2D eigenvalue weighted by Gasteiger charge is 2.15. The zero-order valence-electron chi connectivity index (χ0n) is 11.9. The van der Waals surface area contributed by atoms with Crippen molar-refractivity contribution in [1.29, 1.82) is 0 Å².